The molecule has 0 aliphatic rings. The summed E-state index contributed by atoms with van der Waals surface area (Å²) in [6.07, 6.45) is 1.91. The summed E-state index contributed by atoms with van der Waals surface area (Å²) >= 11 is 0. The zero-order chi connectivity index (χ0) is 15.2. The first kappa shape index (κ1) is 15.3. The Kier molecular flexibility index (Phi) is 5.14. The van der Waals surface area contributed by atoms with E-state index in [0.29, 0.717) is 6.54 Å². The fraction of sp³-hybridized carbons (Fsp3) is 0.412. The van der Waals surface area contributed by atoms with Gasteiger partial charge in [0.2, 0.25) is 5.91 Å². The van der Waals surface area contributed by atoms with Crippen LogP contribution in [-0.4, -0.2) is 15.7 Å². The fourth-order valence-corrected chi connectivity index (χ4v) is 2.34. The van der Waals surface area contributed by atoms with Crippen LogP contribution >= 0.6 is 0 Å². The van der Waals surface area contributed by atoms with Crippen molar-refractivity contribution in [3.8, 4) is 0 Å². The third-order valence-corrected chi connectivity index (χ3v) is 3.50. The lowest BCUT2D eigenvalue weighted by Crippen LogP contribution is -2.22. The molecular weight excluding hydrogens is 262 g/mol. The van der Waals surface area contributed by atoms with Crippen LogP contribution in [-0.2, 0) is 11.3 Å². The number of nitrogens with zero attached hydrogens (tertiary/aromatic N) is 2. The van der Waals surface area contributed by atoms with Gasteiger partial charge in [0, 0.05) is 12.0 Å². The summed E-state index contributed by atoms with van der Waals surface area (Å²) in [7, 11) is 0. The Labute approximate surface area is 126 Å². The highest BCUT2D eigenvalue weighted by Gasteiger charge is 2.15. The van der Waals surface area contributed by atoms with Crippen molar-refractivity contribution in [2.24, 2.45) is 5.92 Å². The van der Waals surface area contributed by atoms with Gasteiger partial charge in [-0.2, -0.15) is 5.10 Å². The van der Waals surface area contributed by atoms with E-state index in [2.05, 4.69) is 29.5 Å². The molecule has 0 aliphatic heterocycles. The van der Waals surface area contributed by atoms with Crippen LogP contribution in [0, 0.1) is 12.8 Å². The zero-order valence-corrected chi connectivity index (χ0v) is 13.0. The van der Waals surface area contributed by atoms with Gasteiger partial charge < -0.3 is 5.32 Å². The van der Waals surface area contributed by atoms with E-state index in [1.54, 1.807) is 0 Å². The van der Waals surface area contributed by atoms with Crippen LogP contribution in [0.15, 0.2) is 36.4 Å². The lowest BCUT2D eigenvalue weighted by molar-refractivity contribution is -0.119. The maximum Gasteiger partial charge on any atom is 0.228 e. The minimum absolute atomic E-state index is 0.0235. The molecule has 0 spiro atoms. The Bertz CT molecular complexity index is 589. The predicted octanol–water partition coefficient (Wildman–Crippen LogP) is 3.61. The quantitative estimate of drug-likeness (QED) is 0.881. The van der Waals surface area contributed by atoms with E-state index in [4.69, 9.17) is 0 Å². The number of carbonyl (C=O) groups excluding carboxylic acids is 1. The number of amides is 1. The van der Waals surface area contributed by atoms with E-state index in [1.165, 1.54) is 0 Å². The summed E-state index contributed by atoms with van der Waals surface area (Å²) in [5.74, 6) is 0.853. The highest BCUT2D eigenvalue weighted by atomic mass is 16.1. The molecule has 0 saturated heterocycles. The highest BCUT2D eigenvalue weighted by Crippen LogP contribution is 2.15. The van der Waals surface area contributed by atoms with Crippen molar-refractivity contribution >= 4 is 11.7 Å². The standard InChI is InChI=1S/C17H23N3O/c1-4-8-13(2)17(21)18-16-11-14(3)19-20(16)12-15-9-6-5-7-10-15/h5-7,9-11,13H,4,8,12H2,1-3H3,(H,18,21). The molecule has 1 unspecified atom stereocenters. The smallest absolute Gasteiger partial charge is 0.228 e. The van der Waals surface area contributed by atoms with Gasteiger partial charge in [-0.3, -0.25) is 4.79 Å². The van der Waals surface area contributed by atoms with Crippen molar-refractivity contribution in [1.29, 1.82) is 0 Å². The second-order valence-corrected chi connectivity index (χ2v) is 5.49. The molecule has 2 rings (SSSR count). The minimum atomic E-state index is 0.0235. The van der Waals surface area contributed by atoms with Crippen molar-refractivity contribution in [2.45, 2.75) is 40.2 Å². The van der Waals surface area contributed by atoms with Crippen LogP contribution in [0.2, 0.25) is 0 Å². The monoisotopic (exact) mass is 285 g/mol. The number of benzene rings is 1. The van der Waals surface area contributed by atoms with E-state index in [9.17, 15) is 4.79 Å². The summed E-state index contributed by atoms with van der Waals surface area (Å²) in [6, 6.07) is 12.0. The highest BCUT2D eigenvalue weighted by molar-refractivity contribution is 5.91. The van der Waals surface area contributed by atoms with Crippen LogP contribution in [0.3, 0.4) is 0 Å². The number of carbonyl (C=O) groups is 1. The summed E-state index contributed by atoms with van der Waals surface area (Å²) in [5.41, 5.74) is 2.07. The maximum absolute atomic E-state index is 12.2. The normalized spacial score (nSPS) is 12.1. The topological polar surface area (TPSA) is 46.9 Å². The van der Waals surface area contributed by atoms with Crippen LogP contribution < -0.4 is 5.32 Å². The molecule has 1 amide bonds. The lowest BCUT2D eigenvalue weighted by Gasteiger charge is -2.12. The molecule has 4 nitrogen and oxygen atoms in total. The van der Waals surface area contributed by atoms with Gasteiger partial charge in [-0.15, -0.1) is 0 Å². The van der Waals surface area contributed by atoms with E-state index < -0.39 is 0 Å². The summed E-state index contributed by atoms with van der Waals surface area (Å²) in [5, 5.41) is 7.46. The van der Waals surface area contributed by atoms with Gasteiger partial charge in [-0.05, 0) is 18.9 Å². The average Bonchev–Trinajstić information content (AvgIpc) is 2.80. The number of hydrogen-bond donors (Lipinski definition) is 1. The Morgan fingerprint density at radius 2 is 2.05 bits per heavy atom. The van der Waals surface area contributed by atoms with Crippen LogP contribution in [0.5, 0.6) is 0 Å². The van der Waals surface area contributed by atoms with Gasteiger partial charge >= 0.3 is 0 Å². The van der Waals surface area contributed by atoms with Gasteiger partial charge in [0.05, 0.1) is 12.2 Å². The first-order chi connectivity index (χ1) is 10.1. The molecule has 21 heavy (non-hydrogen) atoms. The van der Waals surface area contributed by atoms with E-state index in [1.807, 2.05) is 42.8 Å². The molecule has 1 aromatic heterocycles. The summed E-state index contributed by atoms with van der Waals surface area (Å²) in [4.78, 5) is 12.2. The summed E-state index contributed by atoms with van der Waals surface area (Å²) in [6.45, 7) is 6.65. The van der Waals surface area contributed by atoms with E-state index >= 15 is 0 Å². The molecule has 1 atom stereocenters. The average molecular weight is 285 g/mol. The second kappa shape index (κ2) is 7.07. The molecule has 1 heterocycles. The van der Waals surface area contributed by atoms with Crippen LogP contribution in [0.25, 0.3) is 0 Å². The molecule has 0 fully saturated rings. The van der Waals surface area contributed by atoms with Crippen LogP contribution in [0.4, 0.5) is 5.82 Å². The van der Waals surface area contributed by atoms with Gasteiger partial charge in [0.1, 0.15) is 5.82 Å². The van der Waals surface area contributed by atoms with Gasteiger partial charge in [-0.25, -0.2) is 4.68 Å². The van der Waals surface area contributed by atoms with E-state index in [-0.39, 0.29) is 11.8 Å². The predicted molar refractivity (Wildman–Crippen MR) is 85.2 cm³/mol. The first-order valence-electron chi connectivity index (χ1n) is 7.49. The summed E-state index contributed by atoms with van der Waals surface area (Å²) < 4.78 is 1.85. The molecule has 112 valence electrons. The number of nitrogens with one attached hydrogen (secondary N) is 1. The van der Waals surface area contributed by atoms with Crippen molar-refractivity contribution in [3.05, 3.63) is 47.7 Å². The second-order valence-electron chi connectivity index (χ2n) is 5.49. The van der Waals surface area contributed by atoms with E-state index in [0.717, 1.165) is 29.9 Å². The van der Waals surface area contributed by atoms with Crippen molar-refractivity contribution < 1.29 is 4.79 Å². The SMILES string of the molecule is CCCC(C)C(=O)Nc1cc(C)nn1Cc1ccccc1. The largest absolute Gasteiger partial charge is 0.311 e. The van der Waals surface area contributed by atoms with Crippen molar-refractivity contribution in [1.82, 2.24) is 9.78 Å². The van der Waals surface area contributed by atoms with Crippen molar-refractivity contribution in [3.63, 3.8) is 0 Å². The number of rotatable bonds is 6. The third-order valence-electron chi connectivity index (χ3n) is 3.50. The molecule has 0 bridgehead atoms. The number of aromatic nitrogens is 2. The third kappa shape index (κ3) is 4.18. The fourth-order valence-electron chi connectivity index (χ4n) is 2.34. The molecule has 1 N–H and O–H groups in total. The molecule has 0 saturated carbocycles. The molecule has 0 aliphatic carbocycles. The molecule has 2 aromatic rings. The Hall–Kier alpha value is -2.10. The zero-order valence-electron chi connectivity index (χ0n) is 13.0. The molecule has 1 aromatic carbocycles. The number of aryl methyl sites for hydroxylation is 1. The van der Waals surface area contributed by atoms with Gasteiger partial charge in [0.25, 0.3) is 0 Å². The minimum Gasteiger partial charge on any atom is -0.311 e. The van der Waals surface area contributed by atoms with Crippen molar-refractivity contribution in [2.75, 3.05) is 5.32 Å². The Morgan fingerprint density at radius 3 is 2.71 bits per heavy atom. The molecule has 4 heteroatoms. The molecule has 0 radical (unpaired) electrons. The first-order valence-corrected chi connectivity index (χ1v) is 7.49. The number of hydrogen-bond acceptors (Lipinski definition) is 2. The maximum atomic E-state index is 12.2. The lowest BCUT2D eigenvalue weighted by atomic mass is 10.1. The Morgan fingerprint density at radius 1 is 1.33 bits per heavy atom. The Balaban J connectivity index is 2.12. The molecular formula is C17H23N3O. The van der Waals surface area contributed by atoms with Gasteiger partial charge in [-0.1, -0.05) is 50.6 Å². The van der Waals surface area contributed by atoms with Crippen LogP contribution in [0.1, 0.15) is 37.9 Å². The van der Waals surface area contributed by atoms with Gasteiger partial charge in [0.15, 0.2) is 0 Å². The number of anilines is 1.